The lowest BCUT2D eigenvalue weighted by Crippen LogP contribution is -2.02. The van der Waals surface area contributed by atoms with Gasteiger partial charge in [-0.25, -0.2) is 14.6 Å². The van der Waals surface area contributed by atoms with E-state index in [1.165, 1.54) is 30.5 Å². The number of carbonyl (C=O) groups is 2. The molecule has 224 valence electrons. The van der Waals surface area contributed by atoms with E-state index in [1.807, 2.05) is 54.6 Å². The first-order chi connectivity index (χ1) is 22.4. The molecule has 0 bridgehead atoms. The number of hydrogen-bond donors (Lipinski definition) is 2. The molecular weight excluding hydrogens is 582 g/mol. The molecule has 9 nitrogen and oxygen atoms in total. The van der Waals surface area contributed by atoms with Crippen LogP contribution in [0.1, 0.15) is 31.8 Å². The first-order valence-corrected chi connectivity index (χ1v) is 14.0. The molecule has 46 heavy (non-hydrogen) atoms. The largest absolute Gasteiger partial charge is 0.496 e. The Morgan fingerprint density at radius 2 is 1.22 bits per heavy atom. The molecule has 6 aromatic rings. The Bertz CT molecular complexity index is 2200. The van der Waals surface area contributed by atoms with Crippen molar-refractivity contribution in [2.75, 3.05) is 14.2 Å². The summed E-state index contributed by atoms with van der Waals surface area (Å²) in [6, 6.07) is 26.5. The van der Waals surface area contributed by atoms with Crippen molar-refractivity contribution in [1.29, 1.82) is 0 Å². The van der Waals surface area contributed by atoms with Gasteiger partial charge in [-0.15, -0.1) is 0 Å². The Labute approximate surface area is 263 Å². The number of carboxylic acids is 2. The lowest BCUT2D eigenvalue weighted by Gasteiger charge is -2.15. The summed E-state index contributed by atoms with van der Waals surface area (Å²) >= 11 is 0. The third-order valence-corrected chi connectivity index (χ3v) is 7.32. The van der Waals surface area contributed by atoms with Gasteiger partial charge in [0, 0.05) is 23.5 Å². The van der Waals surface area contributed by atoms with Crippen LogP contribution in [0, 0.1) is 11.8 Å². The molecule has 0 atom stereocenters. The minimum atomic E-state index is -1.17. The van der Waals surface area contributed by atoms with Crippen LogP contribution in [0.15, 0.2) is 103 Å². The van der Waals surface area contributed by atoms with Crippen LogP contribution in [0.2, 0.25) is 0 Å². The van der Waals surface area contributed by atoms with Gasteiger partial charge >= 0.3 is 11.9 Å². The number of fused-ring (bicyclic) bond motifs is 1. The topological polar surface area (TPSA) is 132 Å². The van der Waals surface area contributed by atoms with Gasteiger partial charge in [0.05, 0.1) is 53.7 Å². The van der Waals surface area contributed by atoms with Crippen LogP contribution in [0.3, 0.4) is 0 Å². The van der Waals surface area contributed by atoms with Crippen molar-refractivity contribution in [3.8, 4) is 57.2 Å². The highest BCUT2D eigenvalue weighted by Gasteiger charge is 2.17. The Morgan fingerprint density at radius 1 is 0.630 bits per heavy atom. The van der Waals surface area contributed by atoms with E-state index in [0.717, 1.165) is 27.5 Å². The normalized spacial score (nSPS) is 10.6. The average molecular weight is 608 g/mol. The quantitative estimate of drug-likeness (QED) is 0.187. The van der Waals surface area contributed by atoms with Crippen LogP contribution in [-0.2, 0) is 0 Å². The average Bonchev–Trinajstić information content (AvgIpc) is 3.10. The highest BCUT2D eigenvalue weighted by atomic mass is 16.5. The van der Waals surface area contributed by atoms with E-state index >= 15 is 0 Å². The lowest BCUT2D eigenvalue weighted by molar-refractivity contribution is 0.0686. The molecule has 3 aromatic carbocycles. The summed E-state index contributed by atoms with van der Waals surface area (Å²) in [7, 11) is 3.26. The van der Waals surface area contributed by atoms with E-state index in [9.17, 15) is 19.8 Å². The third-order valence-electron chi connectivity index (χ3n) is 7.32. The second kappa shape index (κ2) is 12.6. The van der Waals surface area contributed by atoms with Crippen LogP contribution in [0.25, 0.3) is 44.7 Å². The van der Waals surface area contributed by atoms with Crippen LogP contribution in [-0.4, -0.2) is 51.3 Å². The highest BCUT2D eigenvalue weighted by Crippen LogP contribution is 2.42. The number of pyridine rings is 3. The van der Waals surface area contributed by atoms with Crippen molar-refractivity contribution in [2.24, 2.45) is 0 Å². The summed E-state index contributed by atoms with van der Waals surface area (Å²) in [4.78, 5) is 36.6. The van der Waals surface area contributed by atoms with Gasteiger partial charge < -0.3 is 19.7 Å². The second-order valence-electron chi connectivity index (χ2n) is 10.1. The van der Waals surface area contributed by atoms with Gasteiger partial charge in [0.2, 0.25) is 0 Å². The molecule has 0 spiro atoms. The molecule has 3 heterocycles. The fraction of sp³-hybridized carbons (Fsp3) is 0.0541. The maximum atomic E-state index is 12.0. The molecular formula is C37H25N3O6. The van der Waals surface area contributed by atoms with Gasteiger partial charge in [0.15, 0.2) is 0 Å². The number of carboxylic acid groups (broad SMARTS) is 2. The molecule has 0 radical (unpaired) electrons. The Kier molecular flexibility index (Phi) is 8.09. The van der Waals surface area contributed by atoms with Gasteiger partial charge in [-0.2, -0.15) is 0 Å². The van der Waals surface area contributed by atoms with E-state index in [4.69, 9.17) is 9.47 Å². The molecule has 3 aromatic heterocycles. The van der Waals surface area contributed by atoms with Crippen molar-refractivity contribution in [3.63, 3.8) is 0 Å². The number of benzene rings is 3. The van der Waals surface area contributed by atoms with E-state index in [-0.39, 0.29) is 28.2 Å². The predicted molar refractivity (Wildman–Crippen MR) is 173 cm³/mol. The summed E-state index contributed by atoms with van der Waals surface area (Å²) < 4.78 is 11.3. The highest BCUT2D eigenvalue weighted by molar-refractivity contribution is 6.02. The number of ether oxygens (including phenoxy) is 2. The van der Waals surface area contributed by atoms with E-state index < -0.39 is 11.9 Å². The summed E-state index contributed by atoms with van der Waals surface area (Å²) in [5.74, 6) is 5.58. The summed E-state index contributed by atoms with van der Waals surface area (Å²) in [6.45, 7) is 0. The van der Waals surface area contributed by atoms with E-state index in [1.54, 1.807) is 32.5 Å². The van der Waals surface area contributed by atoms with Crippen molar-refractivity contribution in [1.82, 2.24) is 15.0 Å². The smallest absolute Gasteiger partial charge is 0.335 e. The Hall–Kier alpha value is -6.53. The zero-order valence-electron chi connectivity index (χ0n) is 24.7. The SMILES string of the molecule is COc1cccc(OC)c1-c1cccc2c(C#Cc3ccnc(-c4cc(C(=O)O)cc(-c5cc(C(=O)O)ccn5)n4)c3)cccc12. The van der Waals surface area contributed by atoms with Crippen molar-refractivity contribution in [2.45, 2.75) is 0 Å². The molecule has 0 saturated heterocycles. The fourth-order valence-electron chi connectivity index (χ4n) is 5.16. The molecule has 0 unspecified atom stereocenters. The molecule has 0 aliphatic rings. The maximum absolute atomic E-state index is 12.0. The molecule has 0 amide bonds. The van der Waals surface area contributed by atoms with Gasteiger partial charge in [-0.3, -0.25) is 9.97 Å². The summed E-state index contributed by atoms with van der Waals surface area (Å²) in [5, 5.41) is 21.1. The van der Waals surface area contributed by atoms with Gasteiger partial charge in [0.1, 0.15) is 11.5 Å². The summed E-state index contributed by atoms with van der Waals surface area (Å²) in [6.07, 6.45) is 2.91. The molecule has 0 aliphatic heterocycles. The summed E-state index contributed by atoms with van der Waals surface area (Å²) in [5.41, 5.74) is 4.31. The van der Waals surface area contributed by atoms with Crippen molar-refractivity contribution in [3.05, 3.63) is 126 Å². The molecule has 9 heteroatoms. The molecule has 0 fully saturated rings. The standard InChI is InChI=1S/C37H25N3O6/c1-45-33-10-5-11-34(46-2)35(33)28-9-4-7-26-23(6-3-8-27(26)28)13-12-22-14-16-38-29(18-22)31-20-25(37(43)44)21-32(40-31)30-19-24(36(41)42)15-17-39-30/h3-11,14-21H,1-2H3,(H,41,42)(H,43,44). The third kappa shape index (κ3) is 5.83. The van der Waals surface area contributed by atoms with Gasteiger partial charge in [-0.05, 0) is 70.9 Å². The second-order valence-corrected chi connectivity index (χ2v) is 10.1. The van der Waals surface area contributed by atoms with Gasteiger partial charge in [-0.1, -0.05) is 48.2 Å². The minimum absolute atomic E-state index is 0.00655. The predicted octanol–water partition coefficient (Wildman–Crippen LogP) is 6.84. The number of aromatic carboxylic acids is 2. The Morgan fingerprint density at radius 3 is 1.89 bits per heavy atom. The fourth-order valence-corrected chi connectivity index (χ4v) is 5.16. The Balaban J connectivity index is 1.40. The monoisotopic (exact) mass is 607 g/mol. The molecule has 0 saturated carbocycles. The van der Waals surface area contributed by atoms with Gasteiger partial charge in [0.25, 0.3) is 0 Å². The van der Waals surface area contributed by atoms with Crippen molar-refractivity contribution < 1.29 is 29.3 Å². The zero-order valence-corrected chi connectivity index (χ0v) is 24.7. The minimum Gasteiger partial charge on any atom is -0.496 e. The van der Waals surface area contributed by atoms with E-state index in [2.05, 4.69) is 26.8 Å². The number of methoxy groups -OCH3 is 2. The number of nitrogens with zero attached hydrogens (tertiary/aromatic N) is 3. The first-order valence-electron chi connectivity index (χ1n) is 14.0. The van der Waals surface area contributed by atoms with Crippen molar-refractivity contribution >= 4 is 22.7 Å². The van der Waals surface area contributed by atoms with Crippen LogP contribution in [0.4, 0.5) is 0 Å². The zero-order chi connectivity index (χ0) is 32.2. The number of rotatable bonds is 7. The van der Waals surface area contributed by atoms with E-state index in [0.29, 0.717) is 22.8 Å². The number of aromatic nitrogens is 3. The number of hydrogen-bond acceptors (Lipinski definition) is 7. The first kappa shape index (κ1) is 29.5. The molecule has 0 aliphatic carbocycles. The van der Waals surface area contributed by atoms with Crippen LogP contribution in [0.5, 0.6) is 11.5 Å². The molecule has 2 N–H and O–H groups in total. The van der Waals surface area contributed by atoms with Crippen LogP contribution >= 0.6 is 0 Å². The maximum Gasteiger partial charge on any atom is 0.335 e. The molecule has 6 rings (SSSR count). The lowest BCUT2D eigenvalue weighted by atomic mass is 9.94. The van der Waals surface area contributed by atoms with Crippen LogP contribution < -0.4 is 9.47 Å².